The van der Waals surface area contributed by atoms with Gasteiger partial charge < -0.3 is 73.5 Å². The van der Waals surface area contributed by atoms with Gasteiger partial charge in [-0.3, -0.25) is 14.5 Å². The molecule has 6 N–H and O–H groups in total. The van der Waals surface area contributed by atoms with Crippen LogP contribution < -0.4 is 20.1 Å². The summed E-state index contributed by atoms with van der Waals surface area (Å²) in [5.41, 5.74) is 16.2. The van der Waals surface area contributed by atoms with E-state index in [-0.39, 0.29) is 54.2 Å². The number of ether oxygens (including phenoxy) is 7. The molecule has 113 heavy (non-hydrogen) atoms. The molecule has 6 fully saturated rings. The number of methoxy groups -OCH3 is 4. The number of carbonyl (C=O) groups excluding carboxylic acids is 5. The van der Waals surface area contributed by atoms with E-state index in [9.17, 15) is 24.0 Å². The molecule has 4 aromatic heterocycles. The molecule has 6 aromatic carbocycles. The quantitative estimate of drug-likeness (QED) is 0.0490. The summed E-state index contributed by atoms with van der Waals surface area (Å²) in [5.74, 6) is 6.84. The van der Waals surface area contributed by atoms with E-state index in [1.165, 1.54) is 88.8 Å². The third-order valence-electron chi connectivity index (χ3n) is 25.0. The molecule has 3 saturated carbocycles. The fraction of sp³-hybridized carbons (Fsp3) is 0.489. The van der Waals surface area contributed by atoms with Crippen LogP contribution in [0, 0.1) is 5.92 Å². The van der Waals surface area contributed by atoms with Crippen molar-refractivity contribution in [3.05, 3.63) is 131 Å². The number of aromatic amines is 4. The lowest BCUT2D eigenvalue weighted by atomic mass is 9.92. The summed E-state index contributed by atoms with van der Waals surface area (Å²) in [4.78, 5) is 107. The summed E-state index contributed by atoms with van der Waals surface area (Å²) < 4.78 is 39.4. The Balaban J connectivity index is 0.000000171. The predicted molar refractivity (Wildman–Crippen MR) is 429 cm³/mol. The van der Waals surface area contributed by atoms with Gasteiger partial charge in [-0.1, -0.05) is 43.3 Å². The molecular weight excluding hydrogens is 1430 g/mol. The van der Waals surface area contributed by atoms with E-state index in [0.717, 1.165) is 163 Å². The maximum atomic E-state index is 14.2. The molecule has 592 valence electrons. The first-order valence-corrected chi connectivity index (χ1v) is 40.5. The number of nitrogens with zero attached hydrogens (tertiary/aromatic N) is 7. The first kappa shape index (κ1) is 75.2. The SMILES string of the molecule is COC(=O)N[C@H](C(=O)N1[C@@H](C)CC[C@H]1c1nc(-c2ccc3c(c2)COc2cc4c(ccc5[nH]c([C@@H]6CC[C@H](C)N6C(=O)[C@@H](NC(=O)OC)[C@@H](C)OC)nc54)cc2-3)c(C2CC2)[nH]1)[C@@H](C)OC.C[C@H]1CC[C@@H](c2nc(-c3ccc4c(c3)COc3cc5c(ccc6[nH]c([C@@H]7CC[C@H](C)N7C(=O)OC(C)(C)C)nc65)cc3-4)c(C3CC3)[nH]2)C1. The number of benzene rings is 6. The lowest BCUT2D eigenvalue weighted by Crippen LogP contribution is -2.55. The molecule has 10 aromatic rings. The van der Waals surface area contributed by atoms with Crippen molar-refractivity contribution in [2.45, 2.75) is 243 Å². The minimum absolute atomic E-state index is 0.0710. The predicted octanol–water partition coefficient (Wildman–Crippen LogP) is 17.1. The summed E-state index contributed by atoms with van der Waals surface area (Å²) in [6, 6.07) is 27.5. The van der Waals surface area contributed by atoms with Gasteiger partial charge in [0.25, 0.3) is 0 Å². The topological polar surface area (TPSA) is 298 Å². The van der Waals surface area contributed by atoms with E-state index < -0.39 is 42.1 Å². The Bertz CT molecular complexity index is 5390. The van der Waals surface area contributed by atoms with Crippen molar-refractivity contribution in [2.75, 3.05) is 28.4 Å². The molecule has 9 heterocycles. The number of fused-ring (bicyclic) bond motifs is 12. The van der Waals surface area contributed by atoms with Gasteiger partial charge in [0, 0.05) is 94.5 Å². The van der Waals surface area contributed by atoms with Gasteiger partial charge in [0.1, 0.15) is 65.7 Å². The average Bonchev–Trinajstić information content (AvgIpc) is 1.72. The second-order valence-corrected chi connectivity index (χ2v) is 33.9. The Morgan fingerprint density at radius 2 is 0.903 bits per heavy atom. The van der Waals surface area contributed by atoms with Crippen LogP contribution in [0.2, 0.25) is 0 Å². The van der Waals surface area contributed by atoms with Crippen LogP contribution in [0.25, 0.3) is 88.4 Å². The number of alkyl carbamates (subject to hydrolysis) is 2. The fourth-order valence-electron chi connectivity index (χ4n) is 18.5. The Kier molecular flexibility index (Phi) is 19.8. The minimum Gasteiger partial charge on any atom is -0.488 e. The van der Waals surface area contributed by atoms with Gasteiger partial charge in [0.15, 0.2) is 0 Å². The second kappa shape index (κ2) is 29.8. The number of hydrogen-bond donors (Lipinski definition) is 6. The highest BCUT2D eigenvalue weighted by atomic mass is 16.6. The maximum absolute atomic E-state index is 14.2. The molecule has 0 radical (unpaired) electrons. The van der Waals surface area contributed by atoms with E-state index >= 15 is 0 Å². The van der Waals surface area contributed by atoms with Crippen LogP contribution in [0.1, 0.15) is 227 Å². The van der Waals surface area contributed by atoms with Crippen molar-refractivity contribution in [1.29, 1.82) is 0 Å². The van der Waals surface area contributed by atoms with E-state index in [1.807, 2.05) is 50.5 Å². The Morgan fingerprint density at radius 3 is 1.33 bits per heavy atom. The highest BCUT2D eigenvalue weighted by Gasteiger charge is 2.46. The maximum Gasteiger partial charge on any atom is 0.411 e. The third-order valence-corrected chi connectivity index (χ3v) is 25.0. The lowest BCUT2D eigenvalue weighted by Gasteiger charge is -2.33. The molecule has 25 heteroatoms. The summed E-state index contributed by atoms with van der Waals surface area (Å²) in [5, 5.41) is 9.45. The zero-order chi connectivity index (χ0) is 78.7. The van der Waals surface area contributed by atoms with E-state index in [1.54, 1.807) is 18.7 Å². The number of aromatic nitrogens is 8. The van der Waals surface area contributed by atoms with Gasteiger partial charge in [0.2, 0.25) is 11.8 Å². The highest BCUT2D eigenvalue weighted by Crippen LogP contribution is 2.51. The van der Waals surface area contributed by atoms with Crippen molar-refractivity contribution >= 4 is 73.7 Å². The molecular formula is C88H103N13O12. The van der Waals surface area contributed by atoms with Crippen LogP contribution in [-0.4, -0.2) is 161 Å². The van der Waals surface area contributed by atoms with Gasteiger partial charge in [-0.25, -0.2) is 34.3 Å². The zero-order valence-corrected chi connectivity index (χ0v) is 66.8. The largest absolute Gasteiger partial charge is 0.488 e. The standard InChI is InChI=1S/C48H58N8O9.C40H45N5O3/c1-23-9-17-35(55(23)45(57)38(25(3)61-5)53-47(59)63-7)43-49-34-16-14-28-20-33-31-15-13-29(19-30(31)22-65-37(33)21-32(28)42(34)52-43)41-40(27-11-12-27)50-44(51-41)36-18-10-24(2)56(36)46(58)39(26(4)62-6)54-48(60)64-8;1-21-6-8-26(16-21)37-42-34(23-9-10-23)35(43-37)25-11-13-28-27(17-25)20-47-33-19-29-24(18-30(28)33)12-14-31-36(29)44-38(41-31)32-15-7-22(2)45(32)39(46)48-40(3,4)5/h13-16,19-21,23-27,35-36,38-39H,9-12,17-18,22H2,1-8H3,(H,49,52)(H,50,51)(H,53,59)(H,54,60);11-14,17-19,21-23,26,32H,6-10,15-16,20H2,1-5H3,(H,41,44)(H,42,43)/t23-,24-,25+,26+,35-,36-,38-,39-;21-,22-,26+,32-/m00/s1. The molecule has 5 aliphatic heterocycles. The number of amides is 5. The number of hydrogen-bond acceptors (Lipinski definition) is 16. The number of imidazole rings is 4. The van der Waals surface area contributed by atoms with Crippen LogP contribution in [0.15, 0.2) is 84.9 Å². The number of carbonyl (C=O) groups is 5. The molecule has 18 rings (SSSR count). The molecule has 0 unspecified atom stereocenters. The van der Waals surface area contributed by atoms with Crippen LogP contribution in [0.3, 0.4) is 0 Å². The zero-order valence-electron chi connectivity index (χ0n) is 66.8. The summed E-state index contributed by atoms with van der Waals surface area (Å²) in [7, 11) is 5.56. The summed E-state index contributed by atoms with van der Waals surface area (Å²) >= 11 is 0. The van der Waals surface area contributed by atoms with E-state index in [0.29, 0.717) is 43.2 Å². The Hall–Kier alpha value is -10.5. The van der Waals surface area contributed by atoms with Crippen LogP contribution in [-0.2, 0) is 46.5 Å². The van der Waals surface area contributed by atoms with Gasteiger partial charge in [-0.2, -0.15) is 0 Å². The van der Waals surface area contributed by atoms with Crippen molar-refractivity contribution < 1.29 is 57.1 Å². The van der Waals surface area contributed by atoms with Crippen molar-refractivity contribution in [3.8, 4) is 56.3 Å². The second-order valence-electron chi connectivity index (χ2n) is 33.9. The van der Waals surface area contributed by atoms with Gasteiger partial charge in [-0.15, -0.1) is 0 Å². The third kappa shape index (κ3) is 14.1. The van der Waals surface area contributed by atoms with Crippen LogP contribution in [0.4, 0.5) is 14.4 Å². The molecule has 25 nitrogen and oxygen atoms in total. The first-order valence-electron chi connectivity index (χ1n) is 40.5. The molecule has 5 amide bonds. The Labute approximate surface area is 657 Å². The number of rotatable bonds is 16. The van der Waals surface area contributed by atoms with Gasteiger partial charge in [0.05, 0.1) is 78.0 Å². The monoisotopic (exact) mass is 1530 g/mol. The summed E-state index contributed by atoms with van der Waals surface area (Å²) in [6.07, 6.45) is 10.3. The van der Waals surface area contributed by atoms with Crippen molar-refractivity contribution in [1.82, 2.24) is 65.2 Å². The smallest absolute Gasteiger partial charge is 0.411 e. The summed E-state index contributed by atoms with van der Waals surface area (Å²) in [6.45, 7) is 18.6. The molecule has 0 bridgehead atoms. The highest BCUT2D eigenvalue weighted by molar-refractivity contribution is 6.08. The normalized spacial score (nSPS) is 22.9. The molecule has 12 atom stereocenters. The Morgan fingerprint density at radius 1 is 0.478 bits per heavy atom. The van der Waals surface area contributed by atoms with Crippen LogP contribution >= 0.6 is 0 Å². The number of H-pyrrole nitrogens is 4. The molecule has 0 spiro atoms. The fourth-order valence-corrected chi connectivity index (χ4v) is 18.5. The van der Waals surface area contributed by atoms with Crippen molar-refractivity contribution in [2.24, 2.45) is 5.92 Å². The first-order chi connectivity index (χ1) is 54.4. The minimum atomic E-state index is -0.938. The number of nitrogens with one attached hydrogen (secondary N) is 6. The van der Waals surface area contributed by atoms with Crippen LogP contribution in [0.5, 0.6) is 11.5 Å². The van der Waals surface area contributed by atoms with Gasteiger partial charge >= 0.3 is 18.3 Å². The number of likely N-dealkylation sites (tertiary alicyclic amines) is 3. The van der Waals surface area contributed by atoms with E-state index in [2.05, 4.69) is 123 Å². The molecule has 8 aliphatic rings. The van der Waals surface area contributed by atoms with E-state index in [4.69, 9.17) is 53.1 Å². The molecule has 3 saturated heterocycles. The van der Waals surface area contributed by atoms with Gasteiger partial charge in [-0.05, 0) is 226 Å². The molecule has 3 aliphatic carbocycles. The van der Waals surface area contributed by atoms with Crippen molar-refractivity contribution in [3.63, 3.8) is 0 Å². The average molecular weight is 1530 g/mol. The lowest BCUT2D eigenvalue weighted by molar-refractivity contribution is -0.140.